The van der Waals surface area contributed by atoms with Crippen molar-refractivity contribution in [1.82, 2.24) is 20.3 Å². The first-order valence-corrected chi connectivity index (χ1v) is 30.8. The lowest BCUT2D eigenvalue weighted by Crippen LogP contribution is -2.10. The number of hydrogen-bond acceptors (Lipinski definition) is 10. The fourth-order valence-electron chi connectivity index (χ4n) is 13.9. The Kier molecular flexibility index (Phi) is 11.5. The Morgan fingerprint density at radius 3 is 1.72 bits per heavy atom. The molecule has 0 atom stereocenters. The number of aromatic nitrogens is 3. The molecule has 10 heteroatoms. The van der Waals surface area contributed by atoms with Gasteiger partial charge in [0.05, 0.1) is 0 Å². The maximum Gasteiger partial charge on any atom is 0.153 e. The van der Waals surface area contributed by atoms with Crippen LogP contribution in [-0.2, 0) is 6.54 Å². The zero-order chi connectivity index (χ0) is 60.4. The summed E-state index contributed by atoms with van der Waals surface area (Å²) in [7, 11) is 0. The number of benzene rings is 11. The minimum atomic E-state index is 0.707. The van der Waals surface area contributed by atoms with Crippen LogP contribution in [0.5, 0.6) is 0 Å². The summed E-state index contributed by atoms with van der Waals surface area (Å²) in [6.07, 6.45) is 11.3. The molecule has 0 unspecified atom stereocenters. The summed E-state index contributed by atoms with van der Waals surface area (Å²) in [5.41, 5.74) is 22.7. The molecule has 0 fully saturated rings. The van der Waals surface area contributed by atoms with Gasteiger partial charge < -0.3 is 32.8 Å². The Morgan fingerprint density at radius 2 is 0.935 bits per heavy atom. The van der Waals surface area contributed by atoms with Gasteiger partial charge >= 0.3 is 0 Å². The largest absolute Gasteiger partial charge is 0.456 e. The van der Waals surface area contributed by atoms with E-state index in [1.165, 1.54) is 10.8 Å². The first-order valence-electron chi connectivity index (χ1n) is 30.8. The van der Waals surface area contributed by atoms with Crippen molar-refractivity contribution in [2.45, 2.75) is 6.54 Å². The quantitative estimate of drug-likeness (QED) is 0.142. The van der Waals surface area contributed by atoms with E-state index in [0.29, 0.717) is 6.54 Å². The monoisotopic (exact) mass is 1180 g/mol. The van der Waals surface area contributed by atoms with Crippen LogP contribution in [0.2, 0.25) is 0 Å². The summed E-state index contributed by atoms with van der Waals surface area (Å²) in [5.74, 6) is 0.878. The van der Waals surface area contributed by atoms with E-state index in [2.05, 4.69) is 237 Å². The maximum absolute atomic E-state index is 6.89. The third kappa shape index (κ3) is 8.38. The molecule has 10 nitrogen and oxygen atoms in total. The number of furan rings is 4. The van der Waals surface area contributed by atoms with E-state index in [9.17, 15) is 0 Å². The second kappa shape index (κ2) is 20.5. The highest BCUT2D eigenvalue weighted by Crippen LogP contribution is 2.48. The van der Waals surface area contributed by atoms with Gasteiger partial charge in [-0.05, 0) is 188 Å². The van der Waals surface area contributed by atoms with E-state index in [0.717, 1.165) is 178 Å². The van der Waals surface area contributed by atoms with Crippen molar-refractivity contribution in [3.63, 3.8) is 0 Å². The number of fused-ring (bicyclic) bond motifs is 14. The fraction of sp³-hybridized carbons (Fsp3) is 0.0122. The predicted molar refractivity (Wildman–Crippen MR) is 373 cm³/mol. The molecule has 7 aromatic heterocycles. The zero-order valence-electron chi connectivity index (χ0n) is 49.2. The van der Waals surface area contributed by atoms with Gasteiger partial charge in [-0.15, -0.1) is 0 Å². The molecule has 18 aromatic rings. The van der Waals surface area contributed by atoms with Crippen LogP contribution in [0.3, 0.4) is 0 Å². The summed E-state index contributed by atoms with van der Waals surface area (Å²) >= 11 is 0. The van der Waals surface area contributed by atoms with Crippen LogP contribution in [0.15, 0.2) is 297 Å². The normalized spacial score (nSPS) is 12.3. The van der Waals surface area contributed by atoms with Gasteiger partial charge in [-0.25, -0.2) is 0 Å². The summed E-state index contributed by atoms with van der Waals surface area (Å²) in [5, 5.41) is 13.0. The van der Waals surface area contributed by atoms with Crippen LogP contribution in [0.25, 0.3) is 149 Å². The minimum Gasteiger partial charge on any atom is -0.456 e. The van der Waals surface area contributed by atoms with Crippen molar-refractivity contribution in [2.24, 2.45) is 0 Å². The molecule has 0 aliphatic carbocycles. The highest BCUT2D eigenvalue weighted by molar-refractivity contribution is 6.13. The average molecular weight is 1180 g/mol. The van der Waals surface area contributed by atoms with E-state index in [-0.39, 0.29) is 0 Å². The van der Waals surface area contributed by atoms with Gasteiger partial charge in [0.25, 0.3) is 0 Å². The van der Waals surface area contributed by atoms with Crippen LogP contribution in [0.4, 0.5) is 34.1 Å². The van der Waals surface area contributed by atoms with Gasteiger partial charge in [0.1, 0.15) is 44.7 Å². The van der Waals surface area contributed by atoms with Crippen LogP contribution < -0.4 is 15.1 Å². The van der Waals surface area contributed by atoms with Crippen LogP contribution in [-0.4, -0.2) is 15.0 Å². The summed E-state index contributed by atoms with van der Waals surface area (Å²) in [4.78, 5) is 18.6. The van der Waals surface area contributed by atoms with Gasteiger partial charge in [-0.2, -0.15) is 0 Å². The average Bonchev–Trinajstić information content (AvgIpc) is 1.47. The molecule has 0 radical (unpaired) electrons. The van der Waals surface area contributed by atoms with Crippen molar-refractivity contribution >= 4 is 139 Å². The molecule has 0 saturated heterocycles. The summed E-state index contributed by atoms with van der Waals surface area (Å²) in [6, 6.07) is 88.4. The molecule has 19 rings (SSSR count). The second-order valence-corrected chi connectivity index (χ2v) is 23.6. The molecule has 0 bridgehead atoms. The molecular formula is C82H50N6O4. The van der Waals surface area contributed by atoms with Crippen molar-refractivity contribution in [1.29, 1.82) is 0 Å². The molecule has 432 valence electrons. The van der Waals surface area contributed by atoms with Crippen molar-refractivity contribution < 1.29 is 17.7 Å². The van der Waals surface area contributed by atoms with Crippen LogP contribution in [0, 0.1) is 0 Å². The van der Waals surface area contributed by atoms with Gasteiger partial charge in [-0.3, -0.25) is 15.0 Å². The third-order valence-electron chi connectivity index (χ3n) is 18.3. The number of rotatable bonds is 10. The standard InChI is InChI=1S/C82H50N6O4/c1-2-9-52-40-53(17-16-49(52)8-1)50-18-22-57(23-19-50)88(60-26-29-66-71-47-83-38-34-74(71)90-78(66)45-60)61-43-68(82-69(44-61)72-48-84-39-35-75(72)92-82)55-11-5-10-54(41-55)63-32-31-62(64-12-3-4-13-65(63)64)51-20-24-56(25-21-51)87(58-28-33-73-70(42-58)81-77(89-73)15-7-37-86-81)59-27-30-67-79(46-59)91-76-14-6-36-85-80(67)76/h1-46,48,83H,47H2. The Bertz CT molecular complexity index is 6050. The van der Waals surface area contributed by atoms with Gasteiger partial charge in [0.2, 0.25) is 0 Å². The molecule has 8 heterocycles. The third-order valence-corrected chi connectivity index (χ3v) is 18.3. The minimum absolute atomic E-state index is 0.707. The molecule has 0 spiro atoms. The van der Waals surface area contributed by atoms with E-state index >= 15 is 0 Å². The van der Waals surface area contributed by atoms with Crippen molar-refractivity contribution in [2.75, 3.05) is 9.80 Å². The zero-order valence-corrected chi connectivity index (χ0v) is 49.2. The van der Waals surface area contributed by atoms with Crippen molar-refractivity contribution in [3.05, 3.63) is 291 Å². The smallest absolute Gasteiger partial charge is 0.153 e. The number of hydrogen-bond donors (Lipinski definition) is 1. The molecular weight excluding hydrogens is 1130 g/mol. The molecule has 0 amide bonds. The predicted octanol–water partition coefficient (Wildman–Crippen LogP) is 22.3. The Labute approximate surface area is 525 Å². The highest BCUT2D eigenvalue weighted by atomic mass is 16.3. The van der Waals surface area contributed by atoms with Crippen LogP contribution >= 0.6 is 0 Å². The summed E-state index contributed by atoms with van der Waals surface area (Å²) < 4.78 is 26.1. The van der Waals surface area contributed by atoms with E-state index in [1.807, 2.05) is 61.1 Å². The number of nitrogens with zero attached hydrogens (tertiary/aromatic N) is 5. The Balaban J connectivity index is 0.716. The second-order valence-electron chi connectivity index (χ2n) is 23.6. The number of pyridine rings is 3. The lowest BCUT2D eigenvalue weighted by molar-refractivity contribution is 0.592. The van der Waals surface area contributed by atoms with Crippen LogP contribution in [0.1, 0.15) is 11.3 Å². The van der Waals surface area contributed by atoms with E-state index in [4.69, 9.17) is 22.7 Å². The lowest BCUT2D eigenvalue weighted by atomic mass is 9.90. The molecule has 1 aliphatic rings. The molecule has 11 aromatic carbocycles. The van der Waals surface area contributed by atoms with Gasteiger partial charge in [0.15, 0.2) is 11.2 Å². The number of anilines is 6. The highest BCUT2D eigenvalue weighted by Gasteiger charge is 2.24. The molecule has 1 aliphatic heterocycles. The molecule has 1 N–H and O–H groups in total. The molecule has 92 heavy (non-hydrogen) atoms. The van der Waals surface area contributed by atoms with E-state index in [1.54, 1.807) is 12.4 Å². The SMILES string of the molecule is C1=Cc2oc3cc(N(c4ccc(-c5ccc6ccccc6c5)cc4)c4cc(-c5cccc(-c6ccc(-c7ccc(N(c8ccc9c(c8)oc8cccnc89)c8ccc9oc%10cccnc%10c9c8)cc7)c7ccccc67)c5)c5oc6ccncc6c5c4)ccc3c2CN1. The topological polar surface area (TPSA) is 110 Å². The maximum atomic E-state index is 6.89. The summed E-state index contributed by atoms with van der Waals surface area (Å²) in [6.45, 7) is 0.707. The van der Waals surface area contributed by atoms with Gasteiger partial charge in [-0.1, -0.05) is 115 Å². The van der Waals surface area contributed by atoms with Gasteiger partial charge in [0, 0.05) is 122 Å². The first kappa shape index (κ1) is 51.5. The molecule has 0 saturated carbocycles. The van der Waals surface area contributed by atoms with Crippen molar-refractivity contribution in [3.8, 4) is 44.5 Å². The Morgan fingerprint density at radius 1 is 0.326 bits per heavy atom. The first-order chi connectivity index (χ1) is 45.5. The number of nitrogens with one attached hydrogen (secondary N) is 1. The van der Waals surface area contributed by atoms with E-state index < -0.39 is 0 Å². The Hall–Kier alpha value is -12.5. The lowest BCUT2D eigenvalue weighted by Gasteiger charge is -2.26. The fourth-order valence-corrected chi connectivity index (χ4v) is 13.9.